The number of rotatable bonds is 5. The lowest BCUT2D eigenvalue weighted by molar-refractivity contribution is -0.143. The minimum Gasteiger partial charge on any atom is -0.490 e. The molecular formula is C29H22F6N2O5S. The Morgan fingerprint density at radius 3 is 2.12 bits per heavy atom. The SMILES string of the molecule is CN(Cc1cc(C(F)(F)F)cc(C(F)(F)F)c1)C(=O)c1c(-c2ccc(S(C)(=O)=O)cc2)c2cccc3c2n(c1=O)CCO3. The Labute approximate surface area is 240 Å². The maximum Gasteiger partial charge on any atom is 0.416 e. The third kappa shape index (κ3) is 5.70. The van der Waals surface area contributed by atoms with Crippen LogP contribution in [0.4, 0.5) is 26.3 Å². The second-order valence-corrected chi connectivity index (χ2v) is 12.1. The van der Waals surface area contributed by atoms with Gasteiger partial charge in [-0.05, 0) is 47.5 Å². The molecule has 4 aromatic rings. The van der Waals surface area contributed by atoms with Crippen LogP contribution in [-0.2, 0) is 35.3 Å². The number of ether oxygens (including phenoxy) is 1. The predicted molar refractivity (Wildman–Crippen MR) is 144 cm³/mol. The average Bonchev–Trinajstić information content (AvgIpc) is 2.93. The lowest BCUT2D eigenvalue weighted by atomic mass is 9.94. The Hall–Kier alpha value is -4.33. The highest BCUT2D eigenvalue weighted by molar-refractivity contribution is 7.90. The number of nitrogens with zero attached hydrogens (tertiary/aromatic N) is 2. The van der Waals surface area contributed by atoms with Crippen molar-refractivity contribution in [3.05, 3.63) is 93.3 Å². The maximum absolute atomic E-state index is 13.9. The van der Waals surface area contributed by atoms with Gasteiger partial charge in [0.25, 0.3) is 11.5 Å². The molecule has 226 valence electrons. The molecule has 0 atom stereocenters. The first-order chi connectivity index (χ1) is 20.0. The molecule has 0 saturated heterocycles. The smallest absolute Gasteiger partial charge is 0.416 e. The molecule has 0 fully saturated rings. The van der Waals surface area contributed by atoms with Crippen LogP contribution in [-0.4, -0.2) is 43.7 Å². The molecule has 1 aromatic heterocycles. The largest absolute Gasteiger partial charge is 0.490 e. The molecule has 0 spiro atoms. The summed E-state index contributed by atoms with van der Waals surface area (Å²) >= 11 is 0. The first-order valence-corrected chi connectivity index (χ1v) is 14.5. The minimum atomic E-state index is -5.08. The van der Waals surface area contributed by atoms with Crippen LogP contribution in [0.5, 0.6) is 5.75 Å². The van der Waals surface area contributed by atoms with E-state index < -0.39 is 56.9 Å². The Kier molecular flexibility index (Phi) is 7.31. The van der Waals surface area contributed by atoms with Crippen molar-refractivity contribution in [2.45, 2.75) is 30.3 Å². The first-order valence-electron chi connectivity index (χ1n) is 12.6. The lowest BCUT2D eigenvalue weighted by Crippen LogP contribution is -2.37. The highest BCUT2D eigenvalue weighted by atomic mass is 32.2. The quantitative estimate of drug-likeness (QED) is 0.263. The van der Waals surface area contributed by atoms with Crippen molar-refractivity contribution in [1.29, 1.82) is 0 Å². The van der Waals surface area contributed by atoms with E-state index in [9.17, 15) is 44.3 Å². The second-order valence-electron chi connectivity index (χ2n) is 10.1. The monoisotopic (exact) mass is 624 g/mol. The number of pyridine rings is 1. The summed E-state index contributed by atoms with van der Waals surface area (Å²) < 4.78 is 112. The molecule has 3 aromatic carbocycles. The van der Waals surface area contributed by atoms with Crippen molar-refractivity contribution in [2.24, 2.45) is 0 Å². The van der Waals surface area contributed by atoms with Gasteiger partial charge in [0.1, 0.15) is 17.9 Å². The number of sulfone groups is 1. The zero-order valence-electron chi connectivity index (χ0n) is 22.5. The first kappa shape index (κ1) is 30.1. The molecule has 1 amide bonds. The fourth-order valence-corrected chi connectivity index (χ4v) is 5.70. The number of benzene rings is 3. The molecule has 1 aliphatic rings. The van der Waals surface area contributed by atoms with Crippen molar-refractivity contribution in [3.63, 3.8) is 0 Å². The highest BCUT2D eigenvalue weighted by Crippen LogP contribution is 2.38. The number of alkyl halides is 6. The zero-order chi connectivity index (χ0) is 31.5. The fraction of sp³-hybridized carbons (Fsp3) is 0.241. The van der Waals surface area contributed by atoms with Crippen molar-refractivity contribution in [2.75, 3.05) is 19.9 Å². The lowest BCUT2D eigenvalue weighted by Gasteiger charge is -2.25. The van der Waals surface area contributed by atoms with Gasteiger partial charge in [-0.15, -0.1) is 0 Å². The molecule has 0 saturated carbocycles. The summed E-state index contributed by atoms with van der Waals surface area (Å²) in [5.74, 6) is -0.591. The van der Waals surface area contributed by atoms with E-state index in [-0.39, 0.29) is 40.8 Å². The van der Waals surface area contributed by atoms with Gasteiger partial charge in [-0.2, -0.15) is 26.3 Å². The van der Waals surface area contributed by atoms with Crippen LogP contribution < -0.4 is 10.3 Å². The molecule has 0 aliphatic carbocycles. The van der Waals surface area contributed by atoms with Gasteiger partial charge in [0.05, 0.1) is 28.1 Å². The van der Waals surface area contributed by atoms with E-state index in [0.29, 0.717) is 28.8 Å². The van der Waals surface area contributed by atoms with Crippen LogP contribution in [0, 0.1) is 0 Å². The number of amides is 1. The number of aromatic nitrogens is 1. The molecule has 0 radical (unpaired) electrons. The molecule has 7 nitrogen and oxygen atoms in total. The standard InChI is InChI=1S/C29H22F6N2O5S/c1-36(15-16-12-18(28(30,31)32)14-19(13-16)29(33,34)35)26(38)24-23(17-6-8-20(9-7-17)43(2,40)41)21-4-3-5-22-25(21)37(27(24)39)10-11-42-22/h3-9,12-14H,10-11,15H2,1-2H3. The number of carbonyl (C=O) groups is 1. The molecule has 43 heavy (non-hydrogen) atoms. The van der Waals surface area contributed by atoms with Gasteiger partial charge in [-0.3, -0.25) is 9.59 Å². The van der Waals surface area contributed by atoms with Gasteiger partial charge in [0, 0.05) is 30.8 Å². The van der Waals surface area contributed by atoms with Gasteiger partial charge < -0.3 is 14.2 Å². The van der Waals surface area contributed by atoms with Gasteiger partial charge in [0.2, 0.25) is 0 Å². The van der Waals surface area contributed by atoms with E-state index in [1.807, 2.05) is 0 Å². The summed E-state index contributed by atoms with van der Waals surface area (Å²) in [5.41, 5.74) is -3.87. The summed E-state index contributed by atoms with van der Waals surface area (Å²) in [6.07, 6.45) is -9.15. The van der Waals surface area contributed by atoms with E-state index in [2.05, 4.69) is 0 Å². The van der Waals surface area contributed by atoms with Crippen LogP contribution in [0.2, 0.25) is 0 Å². The Morgan fingerprint density at radius 1 is 0.953 bits per heavy atom. The topological polar surface area (TPSA) is 85.7 Å². The molecule has 1 aliphatic heterocycles. The van der Waals surface area contributed by atoms with Gasteiger partial charge in [-0.25, -0.2) is 8.42 Å². The summed E-state index contributed by atoms with van der Waals surface area (Å²) in [7, 11) is -2.43. The second kappa shape index (κ2) is 10.4. The fourth-order valence-electron chi connectivity index (χ4n) is 5.07. The Morgan fingerprint density at radius 2 is 1.56 bits per heavy atom. The summed E-state index contributed by atoms with van der Waals surface area (Å²) in [6, 6.07) is 11.3. The van der Waals surface area contributed by atoms with Gasteiger partial charge in [0.15, 0.2) is 9.84 Å². The van der Waals surface area contributed by atoms with Crippen LogP contribution in [0.15, 0.2) is 70.4 Å². The third-order valence-corrected chi connectivity index (χ3v) is 8.15. The van der Waals surface area contributed by atoms with Crippen LogP contribution in [0.25, 0.3) is 22.0 Å². The highest BCUT2D eigenvalue weighted by Gasteiger charge is 2.37. The van der Waals surface area contributed by atoms with Crippen LogP contribution in [0.3, 0.4) is 0 Å². The minimum absolute atomic E-state index is 0.0102. The van der Waals surface area contributed by atoms with E-state index in [4.69, 9.17) is 4.74 Å². The predicted octanol–water partition coefficient (Wildman–Crippen LogP) is 5.77. The number of carbonyl (C=O) groups excluding carboxylic acids is 1. The van der Waals surface area contributed by atoms with Crippen molar-refractivity contribution >= 4 is 26.6 Å². The van der Waals surface area contributed by atoms with Crippen molar-refractivity contribution in [1.82, 2.24) is 9.47 Å². The molecule has 0 unspecified atom stereocenters. The van der Waals surface area contributed by atoms with E-state index in [0.717, 1.165) is 18.2 Å². The molecule has 14 heteroatoms. The molecular weight excluding hydrogens is 602 g/mol. The zero-order valence-corrected chi connectivity index (χ0v) is 23.3. The van der Waals surface area contributed by atoms with E-state index >= 15 is 0 Å². The normalized spacial score (nSPS) is 13.6. The number of para-hydroxylation sites is 1. The van der Waals surface area contributed by atoms with Gasteiger partial charge in [-0.1, -0.05) is 24.3 Å². The van der Waals surface area contributed by atoms with E-state index in [1.165, 1.54) is 28.8 Å². The van der Waals surface area contributed by atoms with Crippen molar-refractivity contribution in [3.8, 4) is 16.9 Å². The molecule has 2 heterocycles. The summed E-state index contributed by atoms with van der Waals surface area (Å²) in [4.78, 5) is 28.6. The Balaban J connectivity index is 1.68. The average molecular weight is 625 g/mol. The van der Waals surface area contributed by atoms with Crippen molar-refractivity contribution < 1.29 is 44.3 Å². The molecule has 0 bridgehead atoms. The number of hydrogen-bond donors (Lipinski definition) is 0. The van der Waals surface area contributed by atoms with Gasteiger partial charge >= 0.3 is 12.4 Å². The number of hydrogen-bond acceptors (Lipinski definition) is 5. The maximum atomic E-state index is 13.9. The Bertz CT molecular complexity index is 1900. The summed E-state index contributed by atoms with van der Waals surface area (Å²) in [6.45, 7) is -0.493. The van der Waals surface area contributed by atoms with Crippen LogP contribution >= 0.6 is 0 Å². The molecule has 5 rings (SSSR count). The molecule has 0 N–H and O–H groups in total. The number of halogens is 6. The third-order valence-electron chi connectivity index (χ3n) is 7.02. The summed E-state index contributed by atoms with van der Waals surface area (Å²) in [5, 5.41) is 0.402. The van der Waals surface area contributed by atoms with E-state index in [1.54, 1.807) is 18.2 Å². The van der Waals surface area contributed by atoms with Crippen LogP contribution in [0.1, 0.15) is 27.0 Å².